The second-order valence-corrected chi connectivity index (χ2v) is 32.0. The number of aliphatic carboxylic acids is 2. The van der Waals surface area contributed by atoms with Crippen molar-refractivity contribution in [3.05, 3.63) is 0 Å². The number of nitrogens with two attached hydrogens (primary N) is 3. The van der Waals surface area contributed by atoms with E-state index < -0.39 is 235 Å². The van der Waals surface area contributed by atoms with Gasteiger partial charge in [0.05, 0.1) is 25.9 Å². The molecule has 0 aromatic heterocycles. The lowest BCUT2D eigenvalue weighted by Crippen LogP contribution is -2.61. The molecule has 3 unspecified atom stereocenters. The van der Waals surface area contributed by atoms with Gasteiger partial charge >= 0.3 is 11.9 Å². The topological polar surface area (TPSA) is 606 Å². The van der Waals surface area contributed by atoms with E-state index in [1.54, 1.807) is 20.1 Å². The Morgan fingerprint density at radius 1 is 0.593 bits per heavy atom. The second-order valence-electron chi connectivity index (χ2n) is 28.4. The molecule has 5 fully saturated rings. The molecule has 0 spiro atoms. The molecule has 38 nitrogen and oxygen atoms in total. The van der Waals surface area contributed by atoms with Crippen molar-refractivity contribution < 1.29 is 102 Å². The maximum atomic E-state index is 15.4. The zero-order valence-electron chi connectivity index (χ0n) is 61.4. The first-order valence-electron chi connectivity index (χ1n) is 36.4. The standard InChI is InChI=1S/C67H107N17O21S3/c1-32(2)22-42-59(97)74-39(17-18-51(68)87)57(95)77-44(24-36-28-71-38-15-10-9-14-37(36)38)61(99)78-45(25-52(69)88)62(100)83-49(67(105)84-20-11-16-50(84)66(104)80-43(23-35-12-7-6-8-13-35)60(98)75-41(55(70)93)26-53(89)90)31-108-107-30-48(65(103)72-33(3)56(94)76-42)82-63(101)46(27-54(91)92)79-64(102)47(29-85)81-58(96)40(19-21-106-5)73-34(4)86/h32-33,35-50,71,85H,6-31H2,1-5H3,(H2,68,87)(H2,69,88)(H2,70,93)(H,72,103)(H,73,86)(H,74,97)(H,75,98)(H,76,94)(H,77,95)(H,78,99)(H,79,102)(H,80,104)(H,81,96)(H,82,101)(H,83,100)(H,89,90)(H,91,92)/t33-,36?,37?,38?,39-,40-,41-,42-,43-,44-,45-,46-,47-,48-,49-,50-/m0/s1. The fourth-order valence-electron chi connectivity index (χ4n) is 13.8. The van der Waals surface area contributed by atoms with Crippen LogP contribution in [0.15, 0.2) is 0 Å². The molecule has 2 saturated carbocycles. The maximum absolute atomic E-state index is 15.4. The van der Waals surface area contributed by atoms with E-state index in [2.05, 4.69) is 69.1 Å². The Balaban J connectivity index is 1.61. The monoisotopic (exact) mass is 1580 g/mol. The summed E-state index contributed by atoms with van der Waals surface area (Å²) in [7, 11) is 1.48. The Labute approximate surface area is 637 Å². The Morgan fingerprint density at radius 2 is 1.17 bits per heavy atom. The molecular weight excluding hydrogens is 1480 g/mol. The summed E-state index contributed by atoms with van der Waals surface area (Å²) in [6.07, 6.45) is 5.10. The van der Waals surface area contributed by atoms with Crippen LogP contribution in [0.1, 0.15) is 156 Å². The van der Waals surface area contributed by atoms with Crippen LogP contribution in [-0.4, -0.2) is 254 Å². The summed E-state index contributed by atoms with van der Waals surface area (Å²) in [5.41, 5.74) is 16.8. The number of carbonyl (C=O) groups is 18. The number of likely N-dealkylation sites (tertiary alicyclic amines) is 1. The van der Waals surface area contributed by atoms with Gasteiger partial charge in [0.15, 0.2) is 0 Å². The van der Waals surface area contributed by atoms with E-state index in [1.165, 1.54) is 18.7 Å². The number of fused-ring (bicyclic) bond motifs is 1. The van der Waals surface area contributed by atoms with Crippen LogP contribution in [-0.2, 0) is 86.3 Å². The van der Waals surface area contributed by atoms with Crippen molar-refractivity contribution in [3.8, 4) is 0 Å². The summed E-state index contributed by atoms with van der Waals surface area (Å²) in [6, 6.07) is -21.4. The molecule has 41 heteroatoms. The zero-order chi connectivity index (χ0) is 80.1. The summed E-state index contributed by atoms with van der Waals surface area (Å²) in [4.78, 5) is 249. The van der Waals surface area contributed by atoms with Gasteiger partial charge in [0.25, 0.3) is 0 Å². The Morgan fingerprint density at radius 3 is 1.80 bits per heavy atom. The van der Waals surface area contributed by atoms with Crippen molar-refractivity contribution in [2.45, 2.75) is 241 Å². The van der Waals surface area contributed by atoms with Crippen molar-refractivity contribution >= 4 is 140 Å². The number of carboxylic acid groups (broad SMARTS) is 2. The highest BCUT2D eigenvalue weighted by Crippen LogP contribution is 2.37. The van der Waals surface area contributed by atoms with Crippen LogP contribution in [0.2, 0.25) is 0 Å². The van der Waals surface area contributed by atoms with E-state index in [0.717, 1.165) is 78.4 Å². The molecule has 0 aromatic rings. The van der Waals surface area contributed by atoms with Gasteiger partial charge in [-0.1, -0.05) is 80.4 Å². The van der Waals surface area contributed by atoms with Gasteiger partial charge in [-0.05, 0) is 107 Å². The van der Waals surface area contributed by atoms with Gasteiger partial charge in [0.2, 0.25) is 94.5 Å². The van der Waals surface area contributed by atoms with Crippen LogP contribution in [0.3, 0.4) is 0 Å². The summed E-state index contributed by atoms with van der Waals surface area (Å²) < 4.78 is 0. The average molecular weight is 1580 g/mol. The number of carbonyl (C=O) groups excluding carboxylic acids is 16. The van der Waals surface area contributed by atoms with Crippen molar-refractivity contribution in [1.29, 1.82) is 0 Å². The Bertz CT molecular complexity index is 3260. The number of amides is 16. The third kappa shape index (κ3) is 29.4. The molecule has 0 bridgehead atoms. The summed E-state index contributed by atoms with van der Waals surface area (Å²) in [5, 5.41) is 63.0. The minimum atomic E-state index is -2.09. The van der Waals surface area contributed by atoms with E-state index in [4.69, 9.17) is 17.2 Å². The lowest BCUT2D eigenvalue weighted by molar-refractivity contribution is -0.142. The molecule has 2 aliphatic carbocycles. The normalized spacial score (nSPS) is 25.8. The first kappa shape index (κ1) is 90.0. The highest BCUT2D eigenvalue weighted by atomic mass is 33.1. The molecule has 5 aliphatic rings. The van der Waals surface area contributed by atoms with E-state index in [9.17, 15) is 87.2 Å². The predicted molar refractivity (Wildman–Crippen MR) is 393 cm³/mol. The SMILES string of the molecule is CSCC[C@H](NC(C)=O)C(=O)N[C@@H](CO)C(=O)N[C@@H](CC(=O)O)C(=O)N[C@H]1CSSC[C@@H](C(=O)N2CCC[C@H]2C(=O)N[C@@H](CC2CCCCC2)C(=O)N[C@@H](CC(=O)O)C(N)=O)NC(=O)[C@H](CC(N)=O)NC(=O)[C@H](CC2CNC3CCCCC23)NC(=O)[C@H](CCC(N)=O)NC(=O)[C@H](CC(C)C)NC(=O)[C@H](C)NC1=O. The molecule has 3 aliphatic heterocycles. The average Bonchev–Trinajstić information content (AvgIpc) is 1.67. The largest absolute Gasteiger partial charge is 0.481 e. The quantitative estimate of drug-likeness (QED) is 0.0280. The molecule has 0 aromatic carbocycles. The van der Waals surface area contributed by atoms with Gasteiger partial charge in [-0.3, -0.25) is 86.3 Å². The lowest BCUT2D eigenvalue weighted by atomic mass is 9.77. The molecule has 108 heavy (non-hydrogen) atoms. The third-order valence-corrected chi connectivity index (χ3v) is 22.5. The fraction of sp³-hybridized carbons (Fsp3) is 0.731. The summed E-state index contributed by atoms with van der Waals surface area (Å²) in [5.74, 6) is -21.2. The van der Waals surface area contributed by atoms with Gasteiger partial charge in [0, 0.05) is 37.4 Å². The number of nitrogens with one attached hydrogen (secondary N) is 13. The molecule has 22 N–H and O–H groups in total. The first-order chi connectivity index (χ1) is 51.1. The number of hydrogen-bond donors (Lipinski definition) is 19. The molecule has 5 rings (SSSR count). The van der Waals surface area contributed by atoms with E-state index in [0.29, 0.717) is 25.1 Å². The Hall–Kier alpha value is -8.57. The number of nitrogens with zero attached hydrogens (tertiary/aromatic N) is 1. The van der Waals surface area contributed by atoms with Crippen molar-refractivity contribution in [2.24, 2.45) is 40.9 Å². The van der Waals surface area contributed by atoms with Gasteiger partial charge in [0.1, 0.15) is 78.5 Å². The number of hydrogen-bond acceptors (Lipinski definition) is 23. The first-order valence-corrected chi connectivity index (χ1v) is 40.3. The lowest BCUT2D eigenvalue weighted by Gasteiger charge is -2.32. The highest BCUT2D eigenvalue weighted by molar-refractivity contribution is 8.76. The molecule has 604 valence electrons. The molecular formula is C67H107N17O21S3. The molecule has 16 atom stereocenters. The summed E-state index contributed by atoms with van der Waals surface area (Å²) in [6.45, 7) is 4.88. The van der Waals surface area contributed by atoms with Gasteiger partial charge in [-0.25, -0.2) is 0 Å². The minimum absolute atomic E-state index is 0.0223. The van der Waals surface area contributed by atoms with Crippen LogP contribution < -0.4 is 86.3 Å². The number of carboxylic acids is 2. The van der Waals surface area contributed by atoms with E-state index >= 15 is 14.4 Å². The van der Waals surface area contributed by atoms with Crippen LogP contribution in [0.5, 0.6) is 0 Å². The Kier molecular flexibility index (Phi) is 37.3. The second kappa shape index (κ2) is 44.8. The third-order valence-electron chi connectivity index (χ3n) is 19.4. The van der Waals surface area contributed by atoms with Crippen LogP contribution in [0.4, 0.5) is 0 Å². The smallest absolute Gasteiger partial charge is 0.305 e. The number of thioether (sulfide) groups is 1. The molecule has 3 saturated heterocycles. The van der Waals surface area contributed by atoms with Gasteiger partial charge < -0.3 is 107 Å². The van der Waals surface area contributed by atoms with Gasteiger partial charge in [-0.15, -0.1) is 0 Å². The number of primary amides is 3. The summed E-state index contributed by atoms with van der Waals surface area (Å²) >= 11 is 1.33. The number of aliphatic hydroxyl groups excluding tert-OH is 1. The van der Waals surface area contributed by atoms with Crippen LogP contribution in [0, 0.1) is 23.7 Å². The number of rotatable bonds is 32. The molecule has 16 amide bonds. The molecule has 3 heterocycles. The van der Waals surface area contributed by atoms with Crippen LogP contribution in [0.25, 0.3) is 0 Å². The maximum Gasteiger partial charge on any atom is 0.305 e. The van der Waals surface area contributed by atoms with Crippen molar-refractivity contribution in [3.63, 3.8) is 0 Å². The predicted octanol–water partition coefficient (Wildman–Crippen LogP) is -5.26. The molecule has 0 radical (unpaired) electrons. The zero-order valence-corrected chi connectivity index (χ0v) is 63.8. The van der Waals surface area contributed by atoms with Crippen molar-refractivity contribution in [1.82, 2.24) is 74.0 Å². The fourth-order valence-corrected chi connectivity index (χ4v) is 16.6. The van der Waals surface area contributed by atoms with E-state index in [1.807, 2.05) is 0 Å². The van der Waals surface area contributed by atoms with Crippen molar-refractivity contribution in [2.75, 3.05) is 43.2 Å². The highest BCUT2D eigenvalue weighted by Gasteiger charge is 2.45. The van der Waals surface area contributed by atoms with Gasteiger partial charge in [-0.2, -0.15) is 11.8 Å². The van der Waals surface area contributed by atoms with E-state index in [-0.39, 0.29) is 74.8 Å². The minimum Gasteiger partial charge on any atom is -0.481 e. The van der Waals surface area contributed by atoms with Crippen LogP contribution >= 0.6 is 33.3 Å². The number of aliphatic hydroxyl groups is 1.